The zero-order valence-electron chi connectivity index (χ0n) is 24.4. The van der Waals surface area contributed by atoms with E-state index in [4.69, 9.17) is 21.3 Å². The van der Waals surface area contributed by atoms with Crippen LogP contribution in [0, 0.1) is 0 Å². The summed E-state index contributed by atoms with van der Waals surface area (Å²) in [5.74, 6) is 1.48. The number of aromatic nitrogens is 2. The highest BCUT2D eigenvalue weighted by Crippen LogP contribution is 2.25. The number of hydrogen-bond donors (Lipinski definition) is 0. The average molecular weight is 621 g/mol. The Labute approximate surface area is 262 Å². The summed E-state index contributed by atoms with van der Waals surface area (Å²) in [6, 6.07) is 19.8. The molecule has 226 valence electrons. The molecule has 9 nitrogen and oxygen atoms in total. The molecule has 2 fully saturated rings. The van der Waals surface area contributed by atoms with Gasteiger partial charge in [0, 0.05) is 76.3 Å². The van der Waals surface area contributed by atoms with Crippen LogP contribution in [0.5, 0.6) is 0 Å². The number of thioether (sulfide) groups is 1. The van der Waals surface area contributed by atoms with Crippen molar-refractivity contribution in [1.29, 1.82) is 0 Å². The lowest BCUT2D eigenvalue weighted by Gasteiger charge is -2.35. The van der Waals surface area contributed by atoms with Gasteiger partial charge in [-0.2, -0.15) is 0 Å². The van der Waals surface area contributed by atoms with E-state index in [1.807, 2.05) is 36.4 Å². The molecule has 2 saturated heterocycles. The van der Waals surface area contributed by atoms with Crippen molar-refractivity contribution in [2.75, 3.05) is 70.4 Å². The van der Waals surface area contributed by atoms with Crippen LogP contribution in [0.15, 0.2) is 71.9 Å². The van der Waals surface area contributed by atoms with E-state index in [1.165, 1.54) is 17.3 Å². The van der Waals surface area contributed by atoms with Gasteiger partial charge in [0.15, 0.2) is 5.16 Å². The molecule has 2 amide bonds. The molecule has 43 heavy (non-hydrogen) atoms. The Kier molecular flexibility index (Phi) is 10.9. The number of carbonyl (C=O) groups is 2. The maximum Gasteiger partial charge on any atom is 0.409 e. The van der Waals surface area contributed by atoms with E-state index in [1.54, 1.807) is 16.7 Å². The lowest BCUT2D eigenvalue weighted by Crippen LogP contribution is -2.50. The van der Waals surface area contributed by atoms with Crippen LogP contribution < -0.4 is 4.90 Å². The largest absolute Gasteiger partial charge is 0.450 e. The van der Waals surface area contributed by atoms with Gasteiger partial charge in [-0.05, 0) is 30.2 Å². The molecule has 3 aromatic rings. The summed E-state index contributed by atoms with van der Waals surface area (Å²) in [5, 5.41) is 1.07. The molecule has 0 atom stereocenters. The van der Waals surface area contributed by atoms with E-state index < -0.39 is 0 Å². The molecule has 0 radical (unpaired) electrons. The lowest BCUT2D eigenvalue weighted by molar-refractivity contribution is 0.0570. The van der Waals surface area contributed by atoms with Gasteiger partial charge in [-0.1, -0.05) is 78.0 Å². The molecule has 0 unspecified atom stereocenters. The first kappa shape index (κ1) is 30.8. The number of piperazine rings is 2. The molecule has 3 heterocycles. The zero-order valence-corrected chi connectivity index (χ0v) is 26.0. The fraction of sp³-hybridized carbons (Fsp3) is 0.375. The van der Waals surface area contributed by atoms with Gasteiger partial charge in [0.05, 0.1) is 6.61 Å². The SMILES string of the molecule is CCOC(=O)N1CCN(C(=O)c2ccc(CSc3nc(Cl)cc(N4CCN(CC=Cc5ccccc5)CC4)n3)cc2)CC1. The molecule has 11 heteroatoms. The van der Waals surface area contributed by atoms with E-state index in [0.29, 0.717) is 54.4 Å². The molecule has 0 saturated carbocycles. The highest BCUT2D eigenvalue weighted by molar-refractivity contribution is 7.98. The number of hydrogen-bond acceptors (Lipinski definition) is 8. The molecule has 0 N–H and O–H groups in total. The monoisotopic (exact) mass is 620 g/mol. The Morgan fingerprint density at radius 1 is 0.907 bits per heavy atom. The number of nitrogens with zero attached hydrogens (tertiary/aromatic N) is 6. The molecule has 2 aliphatic rings. The fourth-order valence-electron chi connectivity index (χ4n) is 5.05. The number of halogens is 1. The second-order valence-corrected chi connectivity index (χ2v) is 11.7. The number of benzene rings is 2. The second kappa shape index (κ2) is 15.2. The Morgan fingerprint density at radius 3 is 2.30 bits per heavy atom. The molecule has 5 rings (SSSR count). The first-order valence-corrected chi connectivity index (χ1v) is 16.0. The Balaban J connectivity index is 1.09. The van der Waals surface area contributed by atoms with Crippen molar-refractivity contribution in [1.82, 2.24) is 24.7 Å². The normalized spacial score (nSPS) is 16.1. The zero-order chi connectivity index (χ0) is 30.0. The van der Waals surface area contributed by atoms with Crippen molar-refractivity contribution in [3.8, 4) is 0 Å². The minimum Gasteiger partial charge on any atom is -0.450 e. The van der Waals surface area contributed by atoms with Gasteiger partial charge in [0.2, 0.25) is 0 Å². The van der Waals surface area contributed by atoms with Gasteiger partial charge < -0.3 is 19.4 Å². The molecule has 2 aromatic carbocycles. The Morgan fingerprint density at radius 2 is 1.60 bits per heavy atom. The highest BCUT2D eigenvalue weighted by Gasteiger charge is 2.25. The van der Waals surface area contributed by atoms with E-state index >= 15 is 0 Å². The Hall–Kier alpha value is -3.60. The van der Waals surface area contributed by atoms with Crippen LogP contribution in [0.2, 0.25) is 5.15 Å². The van der Waals surface area contributed by atoms with E-state index in [0.717, 1.165) is 44.1 Å². The molecule has 1 aromatic heterocycles. The van der Waals surface area contributed by atoms with Gasteiger partial charge in [0.1, 0.15) is 11.0 Å². The predicted molar refractivity (Wildman–Crippen MR) is 172 cm³/mol. The van der Waals surface area contributed by atoms with Crippen molar-refractivity contribution < 1.29 is 14.3 Å². The van der Waals surface area contributed by atoms with Gasteiger partial charge >= 0.3 is 6.09 Å². The van der Waals surface area contributed by atoms with E-state index in [2.05, 4.69) is 51.2 Å². The summed E-state index contributed by atoms with van der Waals surface area (Å²) in [7, 11) is 0. The van der Waals surface area contributed by atoms with Gasteiger partial charge in [-0.25, -0.2) is 14.8 Å². The number of carbonyl (C=O) groups excluding carboxylic acids is 2. The molecular formula is C32H37ClN6O3S. The number of rotatable bonds is 9. The van der Waals surface area contributed by atoms with Crippen LogP contribution in [0.4, 0.5) is 10.6 Å². The Bertz CT molecular complexity index is 1390. The molecule has 2 aliphatic heterocycles. The summed E-state index contributed by atoms with van der Waals surface area (Å²) in [6.45, 7) is 8.65. The number of ether oxygens (including phenoxy) is 1. The van der Waals surface area contributed by atoms with Crippen LogP contribution in [0.25, 0.3) is 6.08 Å². The molecule has 0 bridgehead atoms. The third-order valence-electron chi connectivity index (χ3n) is 7.49. The van der Waals surface area contributed by atoms with Crippen LogP contribution in [0.3, 0.4) is 0 Å². The summed E-state index contributed by atoms with van der Waals surface area (Å²) < 4.78 is 5.06. The maximum atomic E-state index is 13.0. The maximum absolute atomic E-state index is 13.0. The average Bonchev–Trinajstić information content (AvgIpc) is 3.04. The van der Waals surface area contributed by atoms with Crippen LogP contribution in [0.1, 0.15) is 28.4 Å². The standard InChI is InChI=1S/C32H37ClN6O3S/c1-2-42-32(41)39-21-19-38(20-22-39)30(40)27-12-10-26(11-13-27)24-43-31-34-28(33)23-29(35-31)37-17-15-36(16-18-37)14-6-9-25-7-4-3-5-8-25/h3-13,23H,2,14-22,24H2,1H3. The first-order valence-electron chi connectivity index (χ1n) is 14.6. The van der Waals surface area contributed by atoms with Crippen molar-refractivity contribution in [3.63, 3.8) is 0 Å². The van der Waals surface area contributed by atoms with Crippen molar-refractivity contribution >= 4 is 47.3 Å². The number of amides is 2. The fourth-order valence-corrected chi connectivity index (χ4v) is 6.09. The van der Waals surface area contributed by atoms with E-state index in [9.17, 15) is 9.59 Å². The third-order valence-corrected chi connectivity index (χ3v) is 8.60. The van der Waals surface area contributed by atoms with Crippen molar-refractivity contribution in [3.05, 3.63) is 88.6 Å². The third kappa shape index (κ3) is 8.72. The van der Waals surface area contributed by atoms with Gasteiger partial charge in [-0.3, -0.25) is 9.69 Å². The van der Waals surface area contributed by atoms with Gasteiger partial charge in [0.25, 0.3) is 5.91 Å². The summed E-state index contributed by atoms with van der Waals surface area (Å²) in [5.41, 5.74) is 2.92. The molecule has 0 aliphatic carbocycles. The quantitative estimate of drug-likeness (QED) is 0.184. The summed E-state index contributed by atoms with van der Waals surface area (Å²) in [4.78, 5) is 42.3. The smallest absolute Gasteiger partial charge is 0.409 e. The summed E-state index contributed by atoms with van der Waals surface area (Å²) >= 11 is 7.92. The molecular weight excluding hydrogens is 584 g/mol. The second-order valence-electron chi connectivity index (χ2n) is 10.4. The lowest BCUT2D eigenvalue weighted by atomic mass is 10.1. The van der Waals surface area contributed by atoms with Crippen LogP contribution in [-0.4, -0.2) is 102 Å². The molecule has 0 spiro atoms. The van der Waals surface area contributed by atoms with E-state index in [-0.39, 0.29) is 12.0 Å². The van der Waals surface area contributed by atoms with Crippen molar-refractivity contribution in [2.24, 2.45) is 0 Å². The van der Waals surface area contributed by atoms with Crippen LogP contribution >= 0.6 is 23.4 Å². The number of anilines is 1. The minimum absolute atomic E-state index is 0.0298. The van der Waals surface area contributed by atoms with Gasteiger partial charge in [-0.15, -0.1) is 0 Å². The topological polar surface area (TPSA) is 82.1 Å². The summed E-state index contributed by atoms with van der Waals surface area (Å²) in [6.07, 6.45) is 4.07. The van der Waals surface area contributed by atoms with Crippen LogP contribution in [-0.2, 0) is 10.5 Å². The highest BCUT2D eigenvalue weighted by atomic mass is 35.5. The van der Waals surface area contributed by atoms with Crippen molar-refractivity contribution in [2.45, 2.75) is 17.8 Å². The predicted octanol–water partition coefficient (Wildman–Crippen LogP) is 5.17. The first-order chi connectivity index (χ1) is 21.0. The minimum atomic E-state index is -0.322.